The molecule has 1 amide bonds. The van der Waals surface area contributed by atoms with E-state index in [9.17, 15) is 23.6 Å². The Morgan fingerprint density at radius 1 is 1.19 bits per heavy atom. The number of nitrogens with one attached hydrogen (secondary N) is 1. The average Bonchev–Trinajstić information content (AvgIpc) is 3.33. The lowest BCUT2D eigenvalue weighted by Gasteiger charge is -2.30. The quantitative estimate of drug-likeness (QED) is 0.243. The van der Waals surface area contributed by atoms with E-state index in [1.54, 1.807) is 29.2 Å². The van der Waals surface area contributed by atoms with Crippen molar-refractivity contribution >= 4 is 39.2 Å². The topological polar surface area (TPSA) is 110 Å². The maximum Gasteiger partial charge on any atom is 0.227 e. The number of carbonyl (C=O) groups excluding carboxylic acids is 4. The highest BCUT2D eigenvalue weighted by Crippen LogP contribution is 2.29. The van der Waals surface area contributed by atoms with Crippen LogP contribution in [-0.4, -0.2) is 54.0 Å². The van der Waals surface area contributed by atoms with Gasteiger partial charge in [-0.05, 0) is 43.7 Å². The van der Waals surface area contributed by atoms with Crippen molar-refractivity contribution in [3.05, 3.63) is 46.7 Å². The molecule has 0 saturated carbocycles. The van der Waals surface area contributed by atoms with Crippen LogP contribution in [0.3, 0.4) is 0 Å². The zero-order valence-corrected chi connectivity index (χ0v) is 22.7. The fourth-order valence-electron chi connectivity index (χ4n) is 4.60. The number of alkyl halides is 1. The first-order valence-electron chi connectivity index (χ1n) is 12.4. The van der Waals surface area contributed by atoms with E-state index in [0.717, 1.165) is 4.47 Å². The van der Waals surface area contributed by atoms with Crippen LogP contribution >= 0.6 is 15.9 Å². The van der Waals surface area contributed by atoms with E-state index < -0.39 is 30.3 Å². The van der Waals surface area contributed by atoms with E-state index in [4.69, 9.17) is 5.73 Å². The van der Waals surface area contributed by atoms with E-state index >= 15 is 0 Å². The second kappa shape index (κ2) is 14.3. The molecule has 0 aromatic heterocycles. The smallest absolute Gasteiger partial charge is 0.227 e. The normalized spacial score (nSPS) is 17.0. The Morgan fingerprint density at radius 2 is 1.86 bits per heavy atom. The predicted octanol–water partition coefficient (Wildman–Crippen LogP) is 4.20. The van der Waals surface area contributed by atoms with Crippen molar-refractivity contribution in [3.63, 3.8) is 0 Å². The third kappa shape index (κ3) is 8.54. The van der Waals surface area contributed by atoms with Gasteiger partial charge in [-0.25, -0.2) is 4.39 Å². The highest BCUT2D eigenvalue weighted by atomic mass is 79.9. The minimum atomic E-state index is -1.13. The van der Waals surface area contributed by atoms with Gasteiger partial charge in [-0.1, -0.05) is 48.5 Å². The van der Waals surface area contributed by atoms with Gasteiger partial charge in [0.15, 0.2) is 17.3 Å². The Labute approximate surface area is 221 Å². The van der Waals surface area contributed by atoms with Crippen LogP contribution in [0.5, 0.6) is 0 Å². The van der Waals surface area contributed by atoms with E-state index in [2.05, 4.69) is 27.8 Å². The van der Waals surface area contributed by atoms with Crippen molar-refractivity contribution in [2.24, 2.45) is 23.5 Å². The Balaban J connectivity index is 2.08. The van der Waals surface area contributed by atoms with Crippen molar-refractivity contribution in [1.82, 2.24) is 10.2 Å². The summed E-state index contributed by atoms with van der Waals surface area (Å²) in [5.41, 5.74) is 6.00. The molecule has 0 spiro atoms. The van der Waals surface area contributed by atoms with Gasteiger partial charge < -0.3 is 16.0 Å². The molecule has 198 valence electrons. The number of benzene rings is 1. The lowest BCUT2D eigenvalue weighted by Crippen LogP contribution is -2.45. The third-order valence-corrected chi connectivity index (χ3v) is 7.25. The number of rotatable bonds is 15. The van der Waals surface area contributed by atoms with Crippen molar-refractivity contribution in [3.8, 4) is 0 Å². The second-order valence-corrected chi connectivity index (χ2v) is 10.7. The number of halogens is 2. The first-order valence-corrected chi connectivity index (χ1v) is 13.2. The van der Waals surface area contributed by atoms with Gasteiger partial charge in [0.25, 0.3) is 0 Å². The molecule has 3 atom stereocenters. The summed E-state index contributed by atoms with van der Waals surface area (Å²) in [5.74, 6) is -2.28. The van der Waals surface area contributed by atoms with Gasteiger partial charge in [-0.3, -0.25) is 19.2 Å². The molecular formula is C27H37BrFN3O4. The number of nitrogens with two attached hydrogens (primary N) is 1. The third-order valence-electron chi connectivity index (χ3n) is 6.72. The molecule has 0 bridgehead atoms. The largest absolute Gasteiger partial charge is 0.386 e. The fourth-order valence-corrected chi connectivity index (χ4v) is 4.87. The number of hydrogen-bond acceptors (Lipinski definition) is 6. The van der Waals surface area contributed by atoms with Crippen LogP contribution in [0.4, 0.5) is 4.39 Å². The lowest BCUT2D eigenvalue weighted by atomic mass is 9.86. The summed E-state index contributed by atoms with van der Waals surface area (Å²) in [6.07, 6.45) is 1.98. The number of nitrogens with zero attached hydrogens (tertiary/aromatic N) is 1. The van der Waals surface area contributed by atoms with Gasteiger partial charge in [0, 0.05) is 47.8 Å². The predicted molar refractivity (Wildman–Crippen MR) is 141 cm³/mol. The monoisotopic (exact) mass is 565 g/mol. The van der Waals surface area contributed by atoms with Gasteiger partial charge in [-0.15, -0.1) is 0 Å². The van der Waals surface area contributed by atoms with Crippen molar-refractivity contribution in [2.75, 3.05) is 19.8 Å². The zero-order chi connectivity index (χ0) is 26.8. The zero-order valence-electron chi connectivity index (χ0n) is 21.1. The van der Waals surface area contributed by atoms with Gasteiger partial charge in [0.2, 0.25) is 5.91 Å². The maximum absolute atomic E-state index is 13.5. The highest BCUT2D eigenvalue weighted by molar-refractivity contribution is 9.10. The van der Waals surface area contributed by atoms with Gasteiger partial charge in [0.1, 0.15) is 6.67 Å². The van der Waals surface area contributed by atoms with Crippen LogP contribution in [0.2, 0.25) is 0 Å². The van der Waals surface area contributed by atoms with Crippen molar-refractivity contribution < 1.29 is 23.6 Å². The fraction of sp³-hybridized carbons (Fsp3) is 0.556. The van der Waals surface area contributed by atoms with E-state index in [-0.39, 0.29) is 36.2 Å². The van der Waals surface area contributed by atoms with E-state index in [0.29, 0.717) is 50.2 Å². The molecule has 1 aromatic rings. The summed E-state index contributed by atoms with van der Waals surface area (Å²) >= 11 is 3.35. The van der Waals surface area contributed by atoms with Crippen LogP contribution in [-0.2, 0) is 14.4 Å². The Morgan fingerprint density at radius 3 is 2.44 bits per heavy atom. The molecule has 0 aliphatic carbocycles. The number of ketones is 3. The summed E-state index contributed by atoms with van der Waals surface area (Å²) in [6.45, 7) is 7.09. The van der Waals surface area contributed by atoms with Crippen LogP contribution in [0.25, 0.3) is 0 Å². The summed E-state index contributed by atoms with van der Waals surface area (Å²) in [5, 5.41) is 2.85. The molecule has 2 rings (SSSR count). The number of amides is 1. The van der Waals surface area contributed by atoms with Gasteiger partial charge in [-0.2, -0.15) is 0 Å². The number of likely N-dealkylation sites (tertiary alicyclic amines) is 1. The summed E-state index contributed by atoms with van der Waals surface area (Å²) in [6, 6.07) is 6.35. The van der Waals surface area contributed by atoms with E-state index in [1.165, 1.54) is 0 Å². The SMILES string of the molecule is C=C(N)NCCC[C@H](CC(=O)[C@H]1CCCN1C(=O)[C@@H](CC(=O)c1ccc(Br)cc1)C(C)C)C(=O)CF. The van der Waals surface area contributed by atoms with Crippen molar-refractivity contribution in [2.45, 2.75) is 58.4 Å². The summed E-state index contributed by atoms with van der Waals surface area (Å²) < 4.78 is 14.0. The molecule has 3 N–H and O–H groups in total. The highest BCUT2D eigenvalue weighted by Gasteiger charge is 2.39. The molecule has 36 heavy (non-hydrogen) atoms. The lowest BCUT2D eigenvalue weighted by molar-refractivity contribution is -0.142. The molecule has 0 unspecified atom stereocenters. The molecule has 9 heteroatoms. The Hall–Kier alpha value is -2.55. The molecule has 1 aliphatic heterocycles. The standard InChI is InChI=1S/C27H37BrFN3O4/c1-17(2)22(15-24(33)19-8-10-21(28)11-9-19)27(36)32-13-5-7-23(32)25(34)14-20(26(35)16-29)6-4-12-31-18(3)30/h8-11,17,20,22-23,31H,3-7,12-16,30H2,1-2H3/t20-,22+,23-/m1/s1. The van der Waals surface area contributed by atoms with E-state index in [1.807, 2.05) is 13.8 Å². The van der Waals surface area contributed by atoms with Crippen LogP contribution < -0.4 is 11.1 Å². The molecule has 1 saturated heterocycles. The molecule has 0 radical (unpaired) electrons. The number of Topliss-reactive ketones (excluding diaryl/α,β-unsaturated/α-hetero) is 3. The molecule has 1 fully saturated rings. The van der Waals surface area contributed by atoms with Crippen LogP contribution in [0.15, 0.2) is 41.1 Å². The molecular weight excluding hydrogens is 529 g/mol. The molecule has 1 aromatic carbocycles. The summed E-state index contributed by atoms with van der Waals surface area (Å²) in [4.78, 5) is 53.4. The molecule has 7 nitrogen and oxygen atoms in total. The second-order valence-electron chi connectivity index (χ2n) is 9.74. The van der Waals surface area contributed by atoms with Crippen molar-refractivity contribution in [1.29, 1.82) is 0 Å². The maximum atomic E-state index is 13.5. The minimum Gasteiger partial charge on any atom is -0.386 e. The van der Waals surface area contributed by atoms with Gasteiger partial charge >= 0.3 is 0 Å². The van der Waals surface area contributed by atoms with Crippen LogP contribution in [0, 0.1) is 17.8 Å². The van der Waals surface area contributed by atoms with Gasteiger partial charge in [0.05, 0.1) is 11.9 Å². The number of carbonyl (C=O) groups is 4. The van der Waals surface area contributed by atoms with Crippen LogP contribution in [0.1, 0.15) is 62.7 Å². The average molecular weight is 567 g/mol. The Bertz CT molecular complexity index is 951. The summed E-state index contributed by atoms with van der Waals surface area (Å²) in [7, 11) is 0. The minimum absolute atomic E-state index is 0.0535. The number of hydrogen-bond donors (Lipinski definition) is 2. The first kappa shape index (κ1) is 29.7. The first-order chi connectivity index (χ1) is 17.0. The Kier molecular flexibility index (Phi) is 11.8. The molecule has 1 aliphatic rings. The molecule has 1 heterocycles.